The van der Waals surface area contributed by atoms with Crippen molar-refractivity contribution < 1.29 is 9.26 Å². The summed E-state index contributed by atoms with van der Waals surface area (Å²) in [5, 5.41) is 3.86. The van der Waals surface area contributed by atoms with Gasteiger partial charge in [-0.2, -0.15) is 4.98 Å². The average Bonchev–Trinajstić information content (AvgIpc) is 2.86. The summed E-state index contributed by atoms with van der Waals surface area (Å²) in [5.41, 5.74) is 0. The van der Waals surface area contributed by atoms with E-state index in [1.807, 2.05) is 6.92 Å². The van der Waals surface area contributed by atoms with Crippen LogP contribution in [0.1, 0.15) is 31.1 Å². The van der Waals surface area contributed by atoms with Crippen molar-refractivity contribution in [1.29, 1.82) is 0 Å². The molecule has 1 aromatic rings. The molecular weight excluding hydrogens is 244 g/mol. The molecule has 1 fully saturated rings. The fourth-order valence-corrected chi connectivity index (χ4v) is 2.45. The van der Waals surface area contributed by atoms with Gasteiger partial charge in [0, 0.05) is 46.4 Å². The van der Waals surface area contributed by atoms with Gasteiger partial charge in [0.05, 0.1) is 6.04 Å². The maximum atomic E-state index is 5.25. The minimum absolute atomic E-state index is 0.210. The SMILES string of the molecule is COCCCN1CCN([C@H](C)c2nc(C)no2)CC1. The molecule has 0 bridgehead atoms. The van der Waals surface area contributed by atoms with Crippen molar-refractivity contribution in [2.45, 2.75) is 26.3 Å². The summed E-state index contributed by atoms with van der Waals surface area (Å²) in [4.78, 5) is 9.21. The Kier molecular flexibility index (Phi) is 5.30. The van der Waals surface area contributed by atoms with Crippen molar-refractivity contribution >= 4 is 0 Å². The molecule has 0 unspecified atom stereocenters. The first kappa shape index (κ1) is 14.4. The van der Waals surface area contributed by atoms with Gasteiger partial charge in [-0.3, -0.25) is 4.90 Å². The Balaban J connectivity index is 1.76. The van der Waals surface area contributed by atoms with Crippen LogP contribution in [0.5, 0.6) is 0 Å². The minimum Gasteiger partial charge on any atom is -0.385 e. The third-order valence-electron chi connectivity index (χ3n) is 3.68. The summed E-state index contributed by atoms with van der Waals surface area (Å²) in [6, 6.07) is 0.210. The Hall–Kier alpha value is -0.980. The molecule has 2 heterocycles. The first-order valence-corrected chi connectivity index (χ1v) is 6.96. The lowest BCUT2D eigenvalue weighted by Gasteiger charge is -2.36. The van der Waals surface area contributed by atoms with Gasteiger partial charge in [0.1, 0.15) is 0 Å². The van der Waals surface area contributed by atoms with Crippen molar-refractivity contribution in [3.05, 3.63) is 11.7 Å². The highest BCUT2D eigenvalue weighted by Gasteiger charge is 2.25. The maximum absolute atomic E-state index is 5.25. The number of aromatic nitrogens is 2. The average molecular weight is 268 g/mol. The zero-order valence-electron chi connectivity index (χ0n) is 12.1. The topological polar surface area (TPSA) is 54.6 Å². The number of nitrogens with zero attached hydrogens (tertiary/aromatic N) is 4. The van der Waals surface area contributed by atoms with Crippen LogP contribution in [0, 0.1) is 6.92 Å². The molecule has 0 N–H and O–H groups in total. The van der Waals surface area contributed by atoms with Crippen LogP contribution in [0.15, 0.2) is 4.52 Å². The van der Waals surface area contributed by atoms with E-state index in [0.29, 0.717) is 5.82 Å². The fraction of sp³-hybridized carbons (Fsp3) is 0.846. The summed E-state index contributed by atoms with van der Waals surface area (Å²) in [7, 11) is 1.76. The third-order valence-corrected chi connectivity index (χ3v) is 3.68. The lowest BCUT2D eigenvalue weighted by atomic mass is 10.2. The molecule has 1 atom stereocenters. The Morgan fingerprint density at radius 3 is 2.63 bits per heavy atom. The molecule has 1 aliphatic heterocycles. The highest BCUT2D eigenvalue weighted by molar-refractivity contribution is 4.91. The molecule has 108 valence electrons. The maximum Gasteiger partial charge on any atom is 0.243 e. The van der Waals surface area contributed by atoms with E-state index in [9.17, 15) is 0 Å². The zero-order chi connectivity index (χ0) is 13.7. The molecule has 0 aliphatic carbocycles. The van der Waals surface area contributed by atoms with Crippen LogP contribution in [0.3, 0.4) is 0 Å². The molecule has 0 spiro atoms. The number of hydrogen-bond donors (Lipinski definition) is 0. The van der Waals surface area contributed by atoms with E-state index in [2.05, 4.69) is 26.9 Å². The molecule has 0 radical (unpaired) electrons. The van der Waals surface area contributed by atoms with Gasteiger partial charge in [0.2, 0.25) is 5.89 Å². The standard InChI is InChI=1S/C13H24N4O2/c1-11(13-14-12(2)15-19-13)17-8-6-16(7-9-17)5-4-10-18-3/h11H,4-10H2,1-3H3/t11-/m1/s1. The Labute approximate surface area is 114 Å². The Bertz CT molecular complexity index is 374. The van der Waals surface area contributed by atoms with Gasteiger partial charge in [-0.1, -0.05) is 5.16 Å². The Morgan fingerprint density at radius 2 is 2.05 bits per heavy atom. The number of ether oxygens (including phenoxy) is 1. The van der Waals surface area contributed by atoms with Gasteiger partial charge >= 0.3 is 0 Å². The van der Waals surface area contributed by atoms with Crippen LogP contribution in [0.4, 0.5) is 0 Å². The van der Waals surface area contributed by atoms with E-state index in [1.165, 1.54) is 0 Å². The summed E-state index contributed by atoms with van der Waals surface area (Å²) in [6.45, 7) is 10.3. The lowest BCUT2D eigenvalue weighted by Crippen LogP contribution is -2.47. The van der Waals surface area contributed by atoms with Gasteiger partial charge in [-0.05, 0) is 20.3 Å². The van der Waals surface area contributed by atoms with Crippen LogP contribution < -0.4 is 0 Å². The van der Waals surface area contributed by atoms with E-state index >= 15 is 0 Å². The van der Waals surface area contributed by atoms with E-state index in [1.54, 1.807) is 7.11 Å². The predicted octanol–water partition coefficient (Wildman–Crippen LogP) is 1.09. The molecule has 0 saturated carbocycles. The van der Waals surface area contributed by atoms with E-state index in [0.717, 1.165) is 51.6 Å². The largest absolute Gasteiger partial charge is 0.385 e. The highest BCUT2D eigenvalue weighted by atomic mass is 16.5. The summed E-state index contributed by atoms with van der Waals surface area (Å²) < 4.78 is 10.3. The molecule has 19 heavy (non-hydrogen) atoms. The second-order valence-corrected chi connectivity index (χ2v) is 5.08. The second kappa shape index (κ2) is 6.98. The predicted molar refractivity (Wildman–Crippen MR) is 72.0 cm³/mol. The number of aryl methyl sites for hydroxylation is 1. The van der Waals surface area contributed by atoms with Crippen LogP contribution >= 0.6 is 0 Å². The van der Waals surface area contributed by atoms with Gasteiger partial charge in [-0.15, -0.1) is 0 Å². The van der Waals surface area contributed by atoms with E-state index in [-0.39, 0.29) is 6.04 Å². The van der Waals surface area contributed by atoms with Gasteiger partial charge in [-0.25, -0.2) is 0 Å². The van der Waals surface area contributed by atoms with Crippen LogP contribution in [-0.2, 0) is 4.74 Å². The molecule has 2 rings (SSSR count). The summed E-state index contributed by atoms with van der Waals surface area (Å²) in [6.07, 6.45) is 1.11. The second-order valence-electron chi connectivity index (χ2n) is 5.08. The van der Waals surface area contributed by atoms with Crippen LogP contribution in [0.25, 0.3) is 0 Å². The fourth-order valence-electron chi connectivity index (χ4n) is 2.45. The van der Waals surface area contributed by atoms with Crippen molar-refractivity contribution in [3.8, 4) is 0 Å². The van der Waals surface area contributed by atoms with Crippen molar-refractivity contribution in [2.24, 2.45) is 0 Å². The molecule has 6 heteroatoms. The first-order chi connectivity index (χ1) is 9.20. The smallest absolute Gasteiger partial charge is 0.243 e. The van der Waals surface area contributed by atoms with E-state index in [4.69, 9.17) is 9.26 Å². The number of hydrogen-bond acceptors (Lipinski definition) is 6. The van der Waals surface area contributed by atoms with Crippen LogP contribution in [-0.4, -0.2) is 66.4 Å². The normalized spacial score (nSPS) is 19.7. The van der Waals surface area contributed by atoms with E-state index < -0.39 is 0 Å². The number of piperazine rings is 1. The van der Waals surface area contributed by atoms with Gasteiger partial charge < -0.3 is 14.2 Å². The monoisotopic (exact) mass is 268 g/mol. The van der Waals surface area contributed by atoms with Crippen molar-refractivity contribution in [2.75, 3.05) is 46.4 Å². The molecule has 1 aromatic heterocycles. The number of rotatable bonds is 6. The number of methoxy groups -OCH3 is 1. The summed E-state index contributed by atoms with van der Waals surface area (Å²) in [5.74, 6) is 1.44. The van der Waals surface area contributed by atoms with Crippen molar-refractivity contribution in [3.63, 3.8) is 0 Å². The molecule has 6 nitrogen and oxygen atoms in total. The molecule has 1 saturated heterocycles. The highest BCUT2D eigenvalue weighted by Crippen LogP contribution is 2.19. The Morgan fingerprint density at radius 1 is 1.32 bits per heavy atom. The van der Waals surface area contributed by atoms with Crippen LogP contribution in [0.2, 0.25) is 0 Å². The molecule has 0 aromatic carbocycles. The molecule has 1 aliphatic rings. The van der Waals surface area contributed by atoms with Gasteiger partial charge in [0.25, 0.3) is 0 Å². The zero-order valence-corrected chi connectivity index (χ0v) is 12.1. The lowest BCUT2D eigenvalue weighted by molar-refractivity contribution is 0.0816. The first-order valence-electron chi connectivity index (χ1n) is 6.96. The molecule has 0 amide bonds. The van der Waals surface area contributed by atoms with Crippen molar-refractivity contribution in [1.82, 2.24) is 19.9 Å². The minimum atomic E-state index is 0.210. The summed E-state index contributed by atoms with van der Waals surface area (Å²) >= 11 is 0. The third kappa shape index (κ3) is 3.99. The quantitative estimate of drug-likeness (QED) is 0.720. The molecular formula is C13H24N4O2. The van der Waals surface area contributed by atoms with Gasteiger partial charge in [0.15, 0.2) is 5.82 Å².